The molecule has 0 aromatic heterocycles. The first-order chi connectivity index (χ1) is 9.65. The van der Waals surface area contributed by atoms with Crippen molar-refractivity contribution in [3.05, 3.63) is 29.6 Å². The van der Waals surface area contributed by atoms with E-state index in [9.17, 15) is 9.18 Å². The number of halogens is 1. The predicted octanol–water partition coefficient (Wildman–Crippen LogP) is 1.58. The molecule has 1 aliphatic heterocycles. The summed E-state index contributed by atoms with van der Waals surface area (Å²) in [5, 5.41) is 0. The number of carbonyl (C=O) groups is 1. The number of piperazine rings is 1. The van der Waals surface area contributed by atoms with E-state index in [2.05, 4.69) is 4.90 Å². The van der Waals surface area contributed by atoms with Gasteiger partial charge in [-0.25, -0.2) is 4.39 Å². The van der Waals surface area contributed by atoms with Gasteiger partial charge in [0.05, 0.1) is 11.3 Å². The maximum absolute atomic E-state index is 13.4. The molecular weight excluding hydrogens is 257 g/mol. The number of anilines is 1. The summed E-state index contributed by atoms with van der Waals surface area (Å²) in [6, 6.07) is 4.40. The van der Waals surface area contributed by atoms with Crippen molar-refractivity contribution in [2.75, 3.05) is 38.5 Å². The summed E-state index contributed by atoms with van der Waals surface area (Å²) >= 11 is 0. The molecule has 0 bridgehead atoms. The Kier molecular flexibility index (Phi) is 3.61. The molecule has 2 aliphatic rings. The molecule has 1 saturated heterocycles. The molecule has 2 fully saturated rings. The van der Waals surface area contributed by atoms with Crippen molar-refractivity contribution in [2.45, 2.75) is 12.8 Å². The van der Waals surface area contributed by atoms with Crippen LogP contribution >= 0.6 is 0 Å². The molecule has 1 aliphatic carbocycles. The van der Waals surface area contributed by atoms with Crippen molar-refractivity contribution in [2.24, 2.45) is 5.92 Å². The first kappa shape index (κ1) is 13.4. The molecule has 2 N–H and O–H groups in total. The van der Waals surface area contributed by atoms with E-state index in [-0.39, 0.29) is 17.2 Å². The summed E-state index contributed by atoms with van der Waals surface area (Å²) in [6.45, 7) is 4.35. The van der Waals surface area contributed by atoms with Crippen molar-refractivity contribution in [3.8, 4) is 0 Å². The van der Waals surface area contributed by atoms with Gasteiger partial charge in [-0.3, -0.25) is 9.69 Å². The number of hydrogen-bond donors (Lipinski definition) is 1. The molecule has 1 aromatic rings. The molecule has 4 nitrogen and oxygen atoms in total. The van der Waals surface area contributed by atoms with Gasteiger partial charge in [0.25, 0.3) is 5.91 Å². The van der Waals surface area contributed by atoms with Crippen LogP contribution in [0.2, 0.25) is 0 Å². The van der Waals surface area contributed by atoms with Gasteiger partial charge >= 0.3 is 0 Å². The van der Waals surface area contributed by atoms with Gasteiger partial charge in [-0.15, -0.1) is 0 Å². The Morgan fingerprint density at radius 2 is 1.95 bits per heavy atom. The van der Waals surface area contributed by atoms with Crippen LogP contribution in [0.5, 0.6) is 0 Å². The summed E-state index contributed by atoms with van der Waals surface area (Å²) in [5.74, 6) is 0.187. The fourth-order valence-electron chi connectivity index (χ4n) is 2.69. The molecule has 5 heteroatoms. The van der Waals surface area contributed by atoms with Gasteiger partial charge in [0.2, 0.25) is 0 Å². The van der Waals surface area contributed by atoms with Gasteiger partial charge in [0.15, 0.2) is 0 Å². The Labute approximate surface area is 118 Å². The van der Waals surface area contributed by atoms with Gasteiger partial charge in [0, 0.05) is 32.7 Å². The molecule has 108 valence electrons. The topological polar surface area (TPSA) is 49.6 Å². The predicted molar refractivity (Wildman–Crippen MR) is 75.9 cm³/mol. The molecule has 1 amide bonds. The van der Waals surface area contributed by atoms with Crippen LogP contribution in [0.25, 0.3) is 0 Å². The second-order valence-corrected chi connectivity index (χ2v) is 5.74. The summed E-state index contributed by atoms with van der Waals surface area (Å²) in [7, 11) is 0. The zero-order chi connectivity index (χ0) is 14.1. The Morgan fingerprint density at radius 1 is 1.25 bits per heavy atom. The molecule has 20 heavy (non-hydrogen) atoms. The molecular formula is C15H20FN3O. The minimum absolute atomic E-state index is 0.0436. The van der Waals surface area contributed by atoms with E-state index in [0.29, 0.717) is 13.1 Å². The smallest absolute Gasteiger partial charge is 0.256 e. The van der Waals surface area contributed by atoms with E-state index >= 15 is 0 Å². The van der Waals surface area contributed by atoms with Gasteiger partial charge < -0.3 is 10.6 Å². The lowest BCUT2D eigenvalue weighted by Gasteiger charge is -2.35. The van der Waals surface area contributed by atoms with Crippen LogP contribution in [-0.2, 0) is 0 Å². The van der Waals surface area contributed by atoms with Gasteiger partial charge in [-0.05, 0) is 30.9 Å². The second-order valence-electron chi connectivity index (χ2n) is 5.74. The highest BCUT2D eigenvalue weighted by Gasteiger charge is 2.28. The Balaban J connectivity index is 1.62. The summed E-state index contributed by atoms with van der Waals surface area (Å²) in [4.78, 5) is 16.6. The van der Waals surface area contributed by atoms with E-state index in [1.54, 1.807) is 11.0 Å². The third kappa shape index (κ3) is 2.77. The van der Waals surface area contributed by atoms with E-state index in [1.807, 2.05) is 0 Å². The number of para-hydroxylation sites is 1. The lowest BCUT2D eigenvalue weighted by Crippen LogP contribution is -2.49. The Morgan fingerprint density at radius 3 is 2.60 bits per heavy atom. The van der Waals surface area contributed by atoms with E-state index < -0.39 is 5.82 Å². The SMILES string of the molecule is Nc1c(F)cccc1C(=O)N1CCN(CC2CC2)CC1. The number of rotatable bonds is 3. The standard InChI is InChI=1S/C15H20FN3O/c16-13-3-1-2-12(14(13)17)15(20)19-8-6-18(7-9-19)10-11-4-5-11/h1-3,11H,4-10,17H2. The number of hydrogen-bond acceptors (Lipinski definition) is 3. The highest BCUT2D eigenvalue weighted by Crippen LogP contribution is 2.30. The normalized spacial score (nSPS) is 20.1. The van der Waals surface area contributed by atoms with Crippen LogP contribution in [0.15, 0.2) is 18.2 Å². The summed E-state index contributed by atoms with van der Waals surface area (Å²) < 4.78 is 13.4. The third-order valence-corrected chi connectivity index (χ3v) is 4.16. The average Bonchev–Trinajstić information content (AvgIpc) is 3.26. The van der Waals surface area contributed by atoms with Gasteiger partial charge in [-0.2, -0.15) is 0 Å². The van der Waals surface area contributed by atoms with E-state index in [0.717, 1.165) is 25.6 Å². The molecule has 1 aromatic carbocycles. The van der Waals surface area contributed by atoms with Crippen LogP contribution in [0.3, 0.4) is 0 Å². The van der Waals surface area contributed by atoms with Crippen molar-refractivity contribution >= 4 is 11.6 Å². The molecule has 1 saturated carbocycles. The van der Waals surface area contributed by atoms with Gasteiger partial charge in [0.1, 0.15) is 5.82 Å². The lowest BCUT2D eigenvalue weighted by atomic mass is 10.1. The average molecular weight is 277 g/mol. The summed E-state index contributed by atoms with van der Waals surface area (Å²) in [6.07, 6.45) is 2.69. The molecule has 0 unspecified atom stereocenters. The van der Waals surface area contributed by atoms with Crippen LogP contribution in [0, 0.1) is 11.7 Å². The number of nitrogens with zero attached hydrogens (tertiary/aromatic N) is 2. The van der Waals surface area contributed by atoms with Crippen molar-refractivity contribution in [3.63, 3.8) is 0 Å². The lowest BCUT2D eigenvalue weighted by molar-refractivity contribution is 0.0632. The van der Waals surface area contributed by atoms with Crippen LogP contribution < -0.4 is 5.73 Å². The summed E-state index contributed by atoms with van der Waals surface area (Å²) in [5.41, 5.74) is 5.89. The third-order valence-electron chi connectivity index (χ3n) is 4.16. The fraction of sp³-hybridized carbons (Fsp3) is 0.533. The maximum Gasteiger partial charge on any atom is 0.256 e. The number of amides is 1. The largest absolute Gasteiger partial charge is 0.396 e. The minimum atomic E-state index is -0.525. The first-order valence-corrected chi connectivity index (χ1v) is 7.21. The fourth-order valence-corrected chi connectivity index (χ4v) is 2.69. The number of nitrogens with two attached hydrogens (primary N) is 1. The first-order valence-electron chi connectivity index (χ1n) is 7.21. The molecule has 3 rings (SSSR count). The number of carbonyl (C=O) groups excluding carboxylic acids is 1. The quantitative estimate of drug-likeness (QED) is 0.853. The van der Waals surface area contributed by atoms with Crippen LogP contribution in [0.4, 0.5) is 10.1 Å². The maximum atomic E-state index is 13.4. The Bertz CT molecular complexity index is 508. The number of nitrogen functional groups attached to an aromatic ring is 1. The second kappa shape index (κ2) is 5.40. The van der Waals surface area contributed by atoms with Crippen molar-refractivity contribution < 1.29 is 9.18 Å². The highest BCUT2D eigenvalue weighted by molar-refractivity contribution is 5.99. The van der Waals surface area contributed by atoms with Crippen LogP contribution in [-0.4, -0.2) is 48.4 Å². The molecule has 0 spiro atoms. The number of benzene rings is 1. The zero-order valence-corrected chi connectivity index (χ0v) is 11.5. The molecule has 0 atom stereocenters. The molecule has 1 heterocycles. The highest BCUT2D eigenvalue weighted by atomic mass is 19.1. The molecule has 0 radical (unpaired) electrons. The zero-order valence-electron chi connectivity index (χ0n) is 11.5. The van der Waals surface area contributed by atoms with Gasteiger partial charge in [-0.1, -0.05) is 6.07 Å². The Hall–Kier alpha value is -1.62. The van der Waals surface area contributed by atoms with E-state index in [1.165, 1.54) is 25.0 Å². The minimum Gasteiger partial charge on any atom is -0.396 e. The monoisotopic (exact) mass is 277 g/mol. The van der Waals surface area contributed by atoms with Crippen LogP contribution in [0.1, 0.15) is 23.2 Å². The van der Waals surface area contributed by atoms with E-state index in [4.69, 9.17) is 5.73 Å². The van der Waals surface area contributed by atoms with Crippen molar-refractivity contribution in [1.29, 1.82) is 0 Å². The van der Waals surface area contributed by atoms with Crippen molar-refractivity contribution in [1.82, 2.24) is 9.80 Å².